The predicted molar refractivity (Wildman–Crippen MR) is 60.6 cm³/mol. The maximum atomic E-state index is 13.7. The molecule has 0 heterocycles. The van der Waals surface area contributed by atoms with Crippen LogP contribution in [0.5, 0.6) is 0 Å². The molecule has 0 saturated carbocycles. The molecule has 1 N–H and O–H groups in total. The SMILES string of the molecule is CC(C)CC(F)(F)c1ccc(CCO)cc1. The van der Waals surface area contributed by atoms with Gasteiger partial charge in [0.2, 0.25) is 0 Å². The monoisotopic (exact) mass is 228 g/mol. The summed E-state index contributed by atoms with van der Waals surface area (Å²) in [5, 5.41) is 8.72. The van der Waals surface area contributed by atoms with Crippen LogP contribution in [-0.2, 0) is 12.3 Å². The fourth-order valence-corrected chi connectivity index (χ4v) is 1.67. The first-order valence-electron chi connectivity index (χ1n) is 5.54. The van der Waals surface area contributed by atoms with E-state index < -0.39 is 5.92 Å². The zero-order valence-corrected chi connectivity index (χ0v) is 9.71. The molecule has 0 radical (unpaired) electrons. The Morgan fingerprint density at radius 1 is 1.19 bits per heavy atom. The molecule has 0 bridgehead atoms. The maximum absolute atomic E-state index is 13.7. The van der Waals surface area contributed by atoms with Gasteiger partial charge in [-0.15, -0.1) is 0 Å². The Morgan fingerprint density at radius 2 is 1.75 bits per heavy atom. The normalized spacial score (nSPS) is 12.1. The number of alkyl halides is 2. The Balaban J connectivity index is 2.79. The average molecular weight is 228 g/mol. The molecule has 0 atom stereocenters. The van der Waals surface area contributed by atoms with Gasteiger partial charge >= 0.3 is 0 Å². The van der Waals surface area contributed by atoms with Gasteiger partial charge in [0.15, 0.2) is 0 Å². The molecule has 0 amide bonds. The van der Waals surface area contributed by atoms with Crippen LogP contribution < -0.4 is 0 Å². The van der Waals surface area contributed by atoms with Crippen molar-refractivity contribution in [2.75, 3.05) is 6.61 Å². The summed E-state index contributed by atoms with van der Waals surface area (Å²) in [4.78, 5) is 0. The van der Waals surface area contributed by atoms with E-state index in [-0.39, 0.29) is 24.5 Å². The highest BCUT2D eigenvalue weighted by atomic mass is 19.3. The molecule has 16 heavy (non-hydrogen) atoms. The number of benzene rings is 1. The van der Waals surface area contributed by atoms with Crippen LogP contribution in [0, 0.1) is 5.92 Å². The highest BCUT2D eigenvalue weighted by molar-refractivity contribution is 5.26. The van der Waals surface area contributed by atoms with Crippen molar-refractivity contribution in [2.45, 2.75) is 32.6 Å². The highest BCUT2D eigenvalue weighted by Gasteiger charge is 2.31. The molecule has 90 valence electrons. The van der Waals surface area contributed by atoms with Gasteiger partial charge in [0.25, 0.3) is 5.92 Å². The first-order chi connectivity index (χ1) is 7.45. The third kappa shape index (κ3) is 3.56. The van der Waals surface area contributed by atoms with Gasteiger partial charge in [-0.1, -0.05) is 38.1 Å². The number of hydrogen-bond acceptors (Lipinski definition) is 1. The molecule has 0 spiro atoms. The summed E-state index contributed by atoms with van der Waals surface area (Å²) >= 11 is 0. The van der Waals surface area contributed by atoms with Crippen molar-refractivity contribution < 1.29 is 13.9 Å². The standard InChI is InChI=1S/C13H18F2O/c1-10(2)9-13(14,15)12-5-3-11(4-6-12)7-8-16/h3-6,10,16H,7-9H2,1-2H3. The lowest BCUT2D eigenvalue weighted by Crippen LogP contribution is -2.16. The van der Waals surface area contributed by atoms with Gasteiger partial charge in [-0.2, -0.15) is 0 Å². The largest absolute Gasteiger partial charge is 0.396 e. The molecule has 0 aromatic heterocycles. The number of rotatable bonds is 5. The molecule has 0 aliphatic rings. The van der Waals surface area contributed by atoms with E-state index in [1.807, 2.05) is 0 Å². The van der Waals surface area contributed by atoms with Crippen molar-refractivity contribution in [2.24, 2.45) is 5.92 Å². The molecular formula is C13H18F2O. The Morgan fingerprint density at radius 3 is 2.19 bits per heavy atom. The van der Waals surface area contributed by atoms with Gasteiger partial charge in [-0.3, -0.25) is 0 Å². The van der Waals surface area contributed by atoms with Gasteiger partial charge < -0.3 is 5.11 Å². The molecule has 1 aromatic carbocycles. The van der Waals surface area contributed by atoms with E-state index in [1.54, 1.807) is 26.0 Å². The van der Waals surface area contributed by atoms with E-state index >= 15 is 0 Å². The quantitative estimate of drug-likeness (QED) is 0.819. The van der Waals surface area contributed by atoms with E-state index in [1.165, 1.54) is 12.1 Å². The number of hydrogen-bond donors (Lipinski definition) is 1. The maximum Gasteiger partial charge on any atom is 0.273 e. The van der Waals surface area contributed by atoms with E-state index in [9.17, 15) is 8.78 Å². The van der Waals surface area contributed by atoms with Crippen molar-refractivity contribution >= 4 is 0 Å². The van der Waals surface area contributed by atoms with E-state index in [4.69, 9.17) is 5.11 Å². The van der Waals surface area contributed by atoms with Crippen LogP contribution >= 0.6 is 0 Å². The molecule has 0 saturated heterocycles. The minimum atomic E-state index is -2.76. The zero-order chi connectivity index (χ0) is 12.2. The zero-order valence-electron chi connectivity index (χ0n) is 9.71. The van der Waals surface area contributed by atoms with Crippen molar-refractivity contribution in [3.05, 3.63) is 35.4 Å². The lowest BCUT2D eigenvalue weighted by atomic mass is 9.97. The van der Waals surface area contributed by atoms with Gasteiger partial charge in [0.1, 0.15) is 0 Å². The summed E-state index contributed by atoms with van der Waals surface area (Å²) in [5.41, 5.74) is 0.939. The Hall–Kier alpha value is -0.960. The molecule has 1 rings (SSSR count). The molecule has 3 heteroatoms. The summed E-state index contributed by atoms with van der Waals surface area (Å²) in [5.74, 6) is -2.79. The molecule has 1 aromatic rings. The minimum Gasteiger partial charge on any atom is -0.396 e. The van der Waals surface area contributed by atoms with Crippen LogP contribution in [0.15, 0.2) is 24.3 Å². The van der Waals surface area contributed by atoms with Crippen LogP contribution in [0.1, 0.15) is 31.4 Å². The van der Waals surface area contributed by atoms with Crippen LogP contribution in [0.25, 0.3) is 0 Å². The van der Waals surface area contributed by atoms with E-state index in [2.05, 4.69) is 0 Å². The summed E-state index contributed by atoms with van der Waals surface area (Å²) in [7, 11) is 0. The second kappa shape index (κ2) is 5.39. The Kier molecular flexibility index (Phi) is 4.42. The summed E-state index contributed by atoms with van der Waals surface area (Å²) in [6, 6.07) is 6.21. The Labute approximate surface area is 95.1 Å². The molecule has 0 fully saturated rings. The minimum absolute atomic E-state index is 0.0351. The van der Waals surface area contributed by atoms with Gasteiger partial charge in [-0.05, 0) is 17.9 Å². The lowest BCUT2D eigenvalue weighted by molar-refractivity contribution is -0.0249. The summed E-state index contributed by atoms with van der Waals surface area (Å²) in [6.07, 6.45) is 0.377. The third-order valence-electron chi connectivity index (χ3n) is 2.44. The van der Waals surface area contributed by atoms with E-state index in [0.29, 0.717) is 6.42 Å². The number of halogens is 2. The first kappa shape index (κ1) is 13.1. The Bertz CT molecular complexity index is 317. The van der Waals surface area contributed by atoms with E-state index in [0.717, 1.165) is 5.56 Å². The van der Waals surface area contributed by atoms with Crippen molar-refractivity contribution in [3.8, 4) is 0 Å². The molecule has 1 nitrogen and oxygen atoms in total. The van der Waals surface area contributed by atoms with Crippen molar-refractivity contribution in [3.63, 3.8) is 0 Å². The van der Waals surface area contributed by atoms with Crippen molar-refractivity contribution in [1.82, 2.24) is 0 Å². The topological polar surface area (TPSA) is 20.2 Å². The predicted octanol–water partition coefficient (Wildman–Crippen LogP) is 3.36. The smallest absolute Gasteiger partial charge is 0.273 e. The molecule has 0 aliphatic carbocycles. The highest BCUT2D eigenvalue weighted by Crippen LogP contribution is 2.34. The number of aliphatic hydroxyl groups excluding tert-OH is 1. The van der Waals surface area contributed by atoms with Crippen molar-refractivity contribution in [1.29, 1.82) is 0 Å². The average Bonchev–Trinajstić information content (AvgIpc) is 2.17. The van der Waals surface area contributed by atoms with Gasteiger partial charge in [-0.25, -0.2) is 8.78 Å². The fourth-order valence-electron chi connectivity index (χ4n) is 1.67. The summed E-state index contributed by atoms with van der Waals surface area (Å²) in [6.45, 7) is 3.61. The van der Waals surface area contributed by atoms with Crippen LogP contribution in [0.2, 0.25) is 0 Å². The second-order valence-electron chi connectivity index (χ2n) is 4.47. The summed E-state index contributed by atoms with van der Waals surface area (Å²) < 4.78 is 27.3. The third-order valence-corrected chi connectivity index (χ3v) is 2.44. The second-order valence-corrected chi connectivity index (χ2v) is 4.47. The molecule has 0 unspecified atom stereocenters. The van der Waals surface area contributed by atoms with Gasteiger partial charge in [0, 0.05) is 18.6 Å². The van der Waals surface area contributed by atoms with Crippen LogP contribution in [0.4, 0.5) is 8.78 Å². The molecule has 0 aliphatic heterocycles. The first-order valence-corrected chi connectivity index (χ1v) is 5.54. The van der Waals surface area contributed by atoms with Gasteiger partial charge in [0.05, 0.1) is 0 Å². The lowest BCUT2D eigenvalue weighted by Gasteiger charge is -2.19. The molecular weight excluding hydrogens is 210 g/mol. The van der Waals surface area contributed by atoms with Crippen LogP contribution in [-0.4, -0.2) is 11.7 Å². The van der Waals surface area contributed by atoms with Crippen LogP contribution in [0.3, 0.4) is 0 Å². The number of aliphatic hydroxyl groups is 1. The fraction of sp³-hybridized carbons (Fsp3) is 0.538.